The molecule has 2 N–H and O–H groups in total. The zero-order valence-electron chi connectivity index (χ0n) is 12.4. The summed E-state index contributed by atoms with van der Waals surface area (Å²) in [5.41, 5.74) is -0.477. The van der Waals surface area contributed by atoms with E-state index in [0.29, 0.717) is 0 Å². The number of amides is 1. The van der Waals surface area contributed by atoms with Crippen molar-refractivity contribution in [2.75, 3.05) is 0 Å². The molecule has 134 valence electrons. The van der Waals surface area contributed by atoms with Gasteiger partial charge in [0.2, 0.25) is 5.91 Å². The van der Waals surface area contributed by atoms with Gasteiger partial charge in [0.05, 0.1) is 18.2 Å². The van der Waals surface area contributed by atoms with Crippen molar-refractivity contribution in [1.82, 2.24) is 5.32 Å². The molecule has 1 amide bonds. The van der Waals surface area contributed by atoms with E-state index in [-0.39, 0.29) is 28.0 Å². The van der Waals surface area contributed by atoms with Crippen molar-refractivity contribution in [1.29, 1.82) is 0 Å². The van der Waals surface area contributed by atoms with Crippen LogP contribution in [0.2, 0.25) is 0 Å². The number of halogens is 4. The molecule has 11 heteroatoms. The van der Waals surface area contributed by atoms with Gasteiger partial charge in [0.1, 0.15) is 5.25 Å². The highest BCUT2D eigenvalue weighted by Crippen LogP contribution is 2.33. The van der Waals surface area contributed by atoms with Crippen molar-refractivity contribution in [2.24, 2.45) is 10.2 Å². The lowest BCUT2D eigenvalue weighted by atomic mass is 10.1. The van der Waals surface area contributed by atoms with E-state index < -0.39 is 28.9 Å². The molecule has 0 bridgehead atoms. The Labute approximate surface area is 152 Å². The summed E-state index contributed by atoms with van der Waals surface area (Å²) in [5.74, 6) is -1.62. The SMILES string of the molecule is O=C(O)CC1SC(=NN=Cc2ccc(CBr)c(C(F)(F)F)c2)NC1=O. The average molecular weight is 438 g/mol. The third kappa shape index (κ3) is 5.30. The van der Waals surface area contributed by atoms with Gasteiger partial charge in [-0.05, 0) is 17.2 Å². The van der Waals surface area contributed by atoms with Gasteiger partial charge in [0.15, 0.2) is 5.17 Å². The standard InChI is InChI=1S/C14H11BrF3N3O3S/c15-5-8-2-1-7(3-9(8)14(16,17)18)6-19-21-13-20-12(24)10(25-13)4-11(22)23/h1-3,6,10H,4-5H2,(H,22,23)(H,20,21,24). The van der Waals surface area contributed by atoms with Crippen molar-refractivity contribution in [2.45, 2.75) is 23.2 Å². The molecule has 1 aromatic rings. The Morgan fingerprint density at radius 2 is 2.16 bits per heavy atom. The molecule has 1 aliphatic rings. The van der Waals surface area contributed by atoms with Gasteiger partial charge in [-0.15, -0.1) is 5.10 Å². The van der Waals surface area contributed by atoms with Crippen LogP contribution < -0.4 is 5.32 Å². The van der Waals surface area contributed by atoms with Gasteiger partial charge in [-0.25, -0.2) is 0 Å². The maximum absolute atomic E-state index is 13.0. The summed E-state index contributed by atoms with van der Waals surface area (Å²) >= 11 is 3.91. The number of hydrogen-bond acceptors (Lipinski definition) is 5. The number of amidine groups is 1. The summed E-state index contributed by atoms with van der Waals surface area (Å²) in [5, 5.41) is 17.7. The highest BCUT2D eigenvalue weighted by molar-refractivity contribution is 9.08. The number of nitrogens with zero attached hydrogens (tertiary/aromatic N) is 2. The van der Waals surface area contributed by atoms with E-state index in [4.69, 9.17) is 5.11 Å². The molecular formula is C14H11BrF3N3O3S. The molecule has 2 rings (SSSR count). The lowest BCUT2D eigenvalue weighted by Crippen LogP contribution is -2.26. The average Bonchev–Trinajstić information content (AvgIpc) is 2.85. The van der Waals surface area contributed by atoms with Crippen LogP contribution in [0.1, 0.15) is 23.1 Å². The van der Waals surface area contributed by atoms with Crippen molar-refractivity contribution >= 4 is 51.0 Å². The van der Waals surface area contributed by atoms with Crippen molar-refractivity contribution in [3.05, 3.63) is 34.9 Å². The summed E-state index contributed by atoms with van der Waals surface area (Å²) in [6.45, 7) is 0. The number of carboxylic acids is 1. The molecule has 1 unspecified atom stereocenters. The Morgan fingerprint density at radius 1 is 1.44 bits per heavy atom. The van der Waals surface area contributed by atoms with Gasteiger partial charge >= 0.3 is 12.1 Å². The summed E-state index contributed by atoms with van der Waals surface area (Å²) in [6.07, 6.45) is -3.72. The predicted molar refractivity (Wildman–Crippen MR) is 90.9 cm³/mol. The second-order valence-electron chi connectivity index (χ2n) is 4.89. The van der Waals surface area contributed by atoms with Gasteiger partial charge in [-0.1, -0.05) is 39.8 Å². The van der Waals surface area contributed by atoms with E-state index in [1.807, 2.05) is 0 Å². The minimum absolute atomic E-state index is 0.0647. The molecule has 1 heterocycles. The molecule has 0 aromatic heterocycles. The summed E-state index contributed by atoms with van der Waals surface area (Å²) < 4.78 is 38.9. The quantitative estimate of drug-likeness (QED) is 0.420. The number of carbonyl (C=O) groups is 2. The molecule has 1 saturated heterocycles. The Balaban J connectivity index is 2.12. The largest absolute Gasteiger partial charge is 0.481 e. The molecular weight excluding hydrogens is 427 g/mol. The van der Waals surface area contributed by atoms with E-state index >= 15 is 0 Å². The normalized spacial score (nSPS) is 19.6. The maximum atomic E-state index is 13.0. The zero-order chi connectivity index (χ0) is 18.6. The molecule has 1 aliphatic heterocycles. The summed E-state index contributed by atoms with van der Waals surface area (Å²) in [7, 11) is 0. The topological polar surface area (TPSA) is 91.1 Å². The second kappa shape index (κ2) is 8.00. The van der Waals surface area contributed by atoms with Crippen molar-refractivity contribution in [3.8, 4) is 0 Å². The fourth-order valence-corrected chi connectivity index (χ4v) is 3.35. The van der Waals surface area contributed by atoms with Gasteiger partial charge < -0.3 is 10.4 Å². The maximum Gasteiger partial charge on any atom is 0.416 e. The van der Waals surface area contributed by atoms with Gasteiger partial charge in [0, 0.05) is 5.33 Å². The Hall–Kier alpha value is -1.88. The Kier molecular flexibility index (Phi) is 6.22. The molecule has 0 aliphatic carbocycles. The zero-order valence-corrected chi connectivity index (χ0v) is 14.8. The van der Waals surface area contributed by atoms with Crippen LogP contribution in [-0.2, 0) is 21.1 Å². The highest BCUT2D eigenvalue weighted by Gasteiger charge is 2.33. The Bertz CT molecular complexity index is 753. The number of rotatable bonds is 5. The molecule has 1 fully saturated rings. The molecule has 0 saturated carbocycles. The second-order valence-corrected chi connectivity index (χ2v) is 6.64. The van der Waals surface area contributed by atoms with Crippen LogP contribution in [0.5, 0.6) is 0 Å². The van der Waals surface area contributed by atoms with Crippen LogP contribution >= 0.6 is 27.7 Å². The number of benzene rings is 1. The van der Waals surface area contributed by atoms with Crippen LogP contribution in [-0.4, -0.2) is 33.6 Å². The monoisotopic (exact) mass is 437 g/mol. The number of carboxylic acid groups (broad SMARTS) is 1. The number of hydrogen-bond donors (Lipinski definition) is 2. The molecule has 25 heavy (non-hydrogen) atoms. The number of alkyl halides is 4. The van der Waals surface area contributed by atoms with E-state index in [1.54, 1.807) is 0 Å². The van der Waals surface area contributed by atoms with Crippen LogP contribution in [0, 0.1) is 0 Å². The highest BCUT2D eigenvalue weighted by atomic mass is 79.9. The molecule has 1 atom stereocenters. The fourth-order valence-electron chi connectivity index (χ4n) is 1.95. The number of carbonyl (C=O) groups excluding carboxylic acids is 1. The third-order valence-electron chi connectivity index (χ3n) is 3.08. The summed E-state index contributed by atoms with van der Waals surface area (Å²) in [6, 6.07) is 3.75. The van der Waals surface area contributed by atoms with Crippen molar-refractivity contribution in [3.63, 3.8) is 0 Å². The minimum Gasteiger partial charge on any atom is -0.481 e. The minimum atomic E-state index is -4.49. The fraction of sp³-hybridized carbons (Fsp3) is 0.286. The lowest BCUT2D eigenvalue weighted by molar-refractivity contribution is -0.138. The van der Waals surface area contributed by atoms with E-state index in [2.05, 4.69) is 31.4 Å². The first-order chi connectivity index (χ1) is 11.7. The predicted octanol–water partition coefficient (Wildman–Crippen LogP) is 3.00. The molecule has 0 spiro atoms. The smallest absolute Gasteiger partial charge is 0.416 e. The van der Waals surface area contributed by atoms with Gasteiger partial charge in [0.25, 0.3) is 0 Å². The molecule has 1 aromatic carbocycles. The van der Waals surface area contributed by atoms with Crippen molar-refractivity contribution < 1.29 is 27.9 Å². The van der Waals surface area contributed by atoms with Crippen LogP contribution in [0.4, 0.5) is 13.2 Å². The number of nitrogens with one attached hydrogen (secondary N) is 1. The summed E-state index contributed by atoms with van der Waals surface area (Å²) in [4.78, 5) is 22.1. The first kappa shape index (κ1) is 19.4. The van der Waals surface area contributed by atoms with E-state index in [0.717, 1.165) is 24.0 Å². The lowest BCUT2D eigenvalue weighted by Gasteiger charge is -2.11. The molecule has 6 nitrogen and oxygen atoms in total. The first-order valence-corrected chi connectivity index (χ1v) is 8.77. The van der Waals surface area contributed by atoms with Gasteiger partial charge in [-0.2, -0.15) is 18.3 Å². The number of aliphatic carboxylic acids is 1. The van der Waals surface area contributed by atoms with Crippen LogP contribution in [0.15, 0.2) is 28.4 Å². The van der Waals surface area contributed by atoms with Crippen LogP contribution in [0.3, 0.4) is 0 Å². The number of thioether (sulfide) groups is 1. The third-order valence-corrected chi connectivity index (χ3v) is 4.75. The molecule has 0 radical (unpaired) electrons. The first-order valence-electron chi connectivity index (χ1n) is 6.77. The van der Waals surface area contributed by atoms with E-state index in [1.165, 1.54) is 12.1 Å². The van der Waals surface area contributed by atoms with E-state index in [9.17, 15) is 22.8 Å². The Morgan fingerprint density at radius 3 is 2.76 bits per heavy atom. The van der Waals surface area contributed by atoms with Crippen LogP contribution in [0.25, 0.3) is 0 Å². The van der Waals surface area contributed by atoms with Gasteiger partial charge in [-0.3, -0.25) is 9.59 Å².